The van der Waals surface area contributed by atoms with Gasteiger partial charge in [-0.15, -0.1) is 0 Å². The van der Waals surface area contributed by atoms with Crippen LogP contribution in [0.5, 0.6) is 0 Å². The third-order valence-corrected chi connectivity index (χ3v) is 3.37. The van der Waals surface area contributed by atoms with Gasteiger partial charge in [-0.1, -0.05) is 6.42 Å². The molecule has 1 aliphatic carbocycles. The van der Waals surface area contributed by atoms with Crippen LogP contribution < -0.4 is 10.6 Å². The number of carbonyl (C=O) groups is 2. The van der Waals surface area contributed by atoms with E-state index >= 15 is 0 Å². The fraction of sp³-hybridized carbons (Fsp3) is 0.818. The fourth-order valence-corrected chi connectivity index (χ4v) is 2.02. The average Bonchev–Trinajstić information content (AvgIpc) is 2.27. The van der Waals surface area contributed by atoms with Gasteiger partial charge in [0, 0.05) is 32.7 Å². The van der Waals surface area contributed by atoms with Crippen molar-refractivity contribution < 1.29 is 9.59 Å². The Kier molecular flexibility index (Phi) is 3.77. The number of nitrogens with one attached hydrogen (secondary N) is 2. The van der Waals surface area contributed by atoms with Crippen LogP contribution in [0.4, 0.5) is 0 Å². The van der Waals surface area contributed by atoms with Crippen molar-refractivity contribution in [3.05, 3.63) is 0 Å². The van der Waals surface area contributed by atoms with Crippen molar-refractivity contribution in [2.45, 2.75) is 19.3 Å². The Bertz CT molecular complexity index is 270. The van der Waals surface area contributed by atoms with Crippen LogP contribution in [0, 0.1) is 5.92 Å². The second-order valence-electron chi connectivity index (χ2n) is 4.55. The maximum Gasteiger partial charge on any atom is 0.311 e. The topological polar surface area (TPSA) is 61.4 Å². The van der Waals surface area contributed by atoms with Crippen LogP contribution in [0.1, 0.15) is 19.3 Å². The quantitative estimate of drug-likeness (QED) is 0.613. The summed E-state index contributed by atoms with van der Waals surface area (Å²) in [6.45, 7) is 3.49. The largest absolute Gasteiger partial charge is 0.348 e. The maximum absolute atomic E-state index is 11.7. The van der Waals surface area contributed by atoms with Gasteiger partial charge in [-0.2, -0.15) is 0 Å². The molecular weight excluding hydrogens is 206 g/mol. The lowest BCUT2D eigenvalue weighted by molar-refractivity contribution is -0.146. The van der Waals surface area contributed by atoms with Crippen LogP contribution in [0.15, 0.2) is 0 Å². The van der Waals surface area contributed by atoms with Crippen molar-refractivity contribution >= 4 is 11.8 Å². The molecule has 5 heteroatoms. The van der Waals surface area contributed by atoms with E-state index < -0.39 is 5.91 Å². The Labute approximate surface area is 95.6 Å². The van der Waals surface area contributed by atoms with E-state index in [2.05, 4.69) is 10.6 Å². The lowest BCUT2D eigenvalue weighted by atomic mass is 9.85. The van der Waals surface area contributed by atoms with Gasteiger partial charge in [0.15, 0.2) is 0 Å². The minimum atomic E-state index is -0.436. The lowest BCUT2D eigenvalue weighted by Gasteiger charge is -2.28. The Balaban J connectivity index is 1.72. The summed E-state index contributed by atoms with van der Waals surface area (Å²) in [4.78, 5) is 24.9. The summed E-state index contributed by atoms with van der Waals surface area (Å²) in [7, 11) is 0. The van der Waals surface area contributed by atoms with Crippen molar-refractivity contribution in [3.8, 4) is 0 Å². The molecule has 0 aromatic rings. The highest BCUT2D eigenvalue weighted by Crippen LogP contribution is 2.25. The highest BCUT2D eigenvalue weighted by atomic mass is 16.2. The molecule has 0 unspecified atom stereocenters. The van der Waals surface area contributed by atoms with Gasteiger partial charge in [-0.05, 0) is 18.8 Å². The summed E-state index contributed by atoms with van der Waals surface area (Å²) in [6.07, 6.45) is 3.62. The molecule has 0 atom stereocenters. The van der Waals surface area contributed by atoms with Crippen LogP contribution in [-0.4, -0.2) is 49.4 Å². The smallest absolute Gasteiger partial charge is 0.311 e. The summed E-state index contributed by atoms with van der Waals surface area (Å²) in [5.41, 5.74) is 0. The third-order valence-electron chi connectivity index (χ3n) is 3.37. The van der Waals surface area contributed by atoms with Gasteiger partial charge in [0.25, 0.3) is 0 Å². The fourth-order valence-electron chi connectivity index (χ4n) is 2.02. The van der Waals surface area contributed by atoms with E-state index in [-0.39, 0.29) is 5.91 Å². The summed E-state index contributed by atoms with van der Waals surface area (Å²) in [5, 5.41) is 5.88. The molecule has 1 saturated carbocycles. The second kappa shape index (κ2) is 5.30. The molecule has 0 aromatic heterocycles. The minimum absolute atomic E-state index is 0.374. The maximum atomic E-state index is 11.7. The molecule has 1 saturated heterocycles. The zero-order valence-corrected chi connectivity index (χ0v) is 9.50. The summed E-state index contributed by atoms with van der Waals surface area (Å²) < 4.78 is 0. The van der Waals surface area contributed by atoms with Crippen molar-refractivity contribution in [1.82, 2.24) is 15.5 Å². The minimum Gasteiger partial charge on any atom is -0.348 e. The van der Waals surface area contributed by atoms with E-state index in [4.69, 9.17) is 0 Å². The molecule has 2 aliphatic rings. The summed E-state index contributed by atoms with van der Waals surface area (Å²) >= 11 is 0. The third kappa shape index (κ3) is 2.72. The Morgan fingerprint density at radius 1 is 1.25 bits per heavy atom. The van der Waals surface area contributed by atoms with E-state index in [1.165, 1.54) is 19.3 Å². The molecule has 1 heterocycles. The zero-order chi connectivity index (χ0) is 11.4. The highest BCUT2D eigenvalue weighted by molar-refractivity contribution is 6.35. The first-order chi connectivity index (χ1) is 7.77. The first kappa shape index (κ1) is 11.4. The average molecular weight is 225 g/mol. The predicted octanol–water partition coefficient (Wildman–Crippen LogP) is -0.665. The van der Waals surface area contributed by atoms with Crippen molar-refractivity contribution in [2.75, 3.05) is 32.7 Å². The van der Waals surface area contributed by atoms with E-state index in [1.54, 1.807) is 4.90 Å². The SMILES string of the molecule is O=C(NCC1CCC1)C(=O)N1CCNCC1. The molecule has 2 fully saturated rings. The van der Waals surface area contributed by atoms with Gasteiger partial charge >= 0.3 is 11.8 Å². The first-order valence-electron chi connectivity index (χ1n) is 6.05. The van der Waals surface area contributed by atoms with E-state index in [0.717, 1.165) is 13.1 Å². The number of carbonyl (C=O) groups excluding carboxylic acids is 2. The summed E-state index contributed by atoms with van der Waals surface area (Å²) in [5.74, 6) is -0.214. The van der Waals surface area contributed by atoms with Crippen molar-refractivity contribution in [3.63, 3.8) is 0 Å². The molecule has 5 nitrogen and oxygen atoms in total. The first-order valence-corrected chi connectivity index (χ1v) is 6.05. The Morgan fingerprint density at radius 2 is 1.94 bits per heavy atom. The molecule has 2 amide bonds. The number of piperazine rings is 1. The van der Waals surface area contributed by atoms with E-state index in [9.17, 15) is 9.59 Å². The molecule has 1 aliphatic heterocycles. The standard InChI is InChI=1S/C11H19N3O2/c15-10(13-8-9-2-1-3-9)11(16)14-6-4-12-5-7-14/h9,12H,1-8H2,(H,13,15). The van der Waals surface area contributed by atoms with Crippen molar-refractivity contribution in [1.29, 1.82) is 0 Å². The Hall–Kier alpha value is -1.10. The Morgan fingerprint density at radius 3 is 2.50 bits per heavy atom. The lowest BCUT2D eigenvalue weighted by Crippen LogP contribution is -2.51. The molecule has 2 N–H and O–H groups in total. The monoisotopic (exact) mass is 225 g/mol. The molecular formula is C11H19N3O2. The molecule has 0 radical (unpaired) electrons. The molecule has 2 rings (SSSR count). The second-order valence-corrected chi connectivity index (χ2v) is 4.55. The zero-order valence-electron chi connectivity index (χ0n) is 9.50. The van der Waals surface area contributed by atoms with Gasteiger partial charge < -0.3 is 15.5 Å². The number of amides is 2. The van der Waals surface area contributed by atoms with Gasteiger partial charge in [0.05, 0.1) is 0 Å². The highest BCUT2D eigenvalue weighted by Gasteiger charge is 2.24. The van der Waals surface area contributed by atoms with Crippen LogP contribution in [0.3, 0.4) is 0 Å². The van der Waals surface area contributed by atoms with Crippen LogP contribution in [-0.2, 0) is 9.59 Å². The molecule has 16 heavy (non-hydrogen) atoms. The molecule has 0 spiro atoms. The van der Waals surface area contributed by atoms with E-state index in [1.807, 2.05) is 0 Å². The predicted molar refractivity (Wildman–Crippen MR) is 59.8 cm³/mol. The van der Waals surface area contributed by atoms with Crippen molar-refractivity contribution in [2.24, 2.45) is 5.92 Å². The number of hydrogen-bond acceptors (Lipinski definition) is 3. The van der Waals surface area contributed by atoms with Gasteiger partial charge in [0.2, 0.25) is 0 Å². The van der Waals surface area contributed by atoms with E-state index in [0.29, 0.717) is 25.6 Å². The normalized spacial score (nSPS) is 21.4. The number of rotatable bonds is 2. The number of hydrogen-bond donors (Lipinski definition) is 2. The van der Waals surface area contributed by atoms with Crippen LogP contribution in [0.2, 0.25) is 0 Å². The van der Waals surface area contributed by atoms with Crippen LogP contribution >= 0.6 is 0 Å². The van der Waals surface area contributed by atoms with Crippen LogP contribution in [0.25, 0.3) is 0 Å². The molecule has 0 aromatic carbocycles. The van der Waals surface area contributed by atoms with Gasteiger partial charge in [-0.3, -0.25) is 9.59 Å². The molecule has 0 bridgehead atoms. The number of nitrogens with zero attached hydrogens (tertiary/aromatic N) is 1. The summed E-state index contributed by atoms with van der Waals surface area (Å²) in [6, 6.07) is 0. The van der Waals surface area contributed by atoms with Gasteiger partial charge in [0.1, 0.15) is 0 Å². The molecule has 90 valence electrons. The van der Waals surface area contributed by atoms with Gasteiger partial charge in [-0.25, -0.2) is 0 Å².